The van der Waals surface area contributed by atoms with Crippen molar-refractivity contribution in [3.63, 3.8) is 0 Å². The van der Waals surface area contributed by atoms with E-state index in [9.17, 15) is 9.18 Å². The molecule has 0 aromatic heterocycles. The van der Waals surface area contributed by atoms with E-state index in [1.807, 2.05) is 18.2 Å². The molecule has 0 spiro atoms. The van der Waals surface area contributed by atoms with Crippen LogP contribution in [0, 0.1) is 11.7 Å². The first-order chi connectivity index (χ1) is 14.2. The first kappa shape index (κ1) is 19.7. The Kier molecular flexibility index (Phi) is 6.30. The summed E-state index contributed by atoms with van der Waals surface area (Å²) in [6, 6.07) is 17.2. The van der Waals surface area contributed by atoms with Crippen molar-refractivity contribution in [1.82, 2.24) is 15.5 Å². The Morgan fingerprint density at radius 1 is 1.00 bits per heavy atom. The summed E-state index contributed by atoms with van der Waals surface area (Å²) in [6.45, 7) is 5.34. The van der Waals surface area contributed by atoms with Crippen molar-refractivity contribution in [1.29, 1.82) is 0 Å². The van der Waals surface area contributed by atoms with Gasteiger partial charge in [-0.25, -0.2) is 9.18 Å². The summed E-state index contributed by atoms with van der Waals surface area (Å²) in [4.78, 5) is 17.0. The fourth-order valence-corrected chi connectivity index (χ4v) is 4.29. The second kappa shape index (κ2) is 9.27. The van der Waals surface area contributed by atoms with Crippen LogP contribution in [-0.4, -0.2) is 49.7 Å². The second-order valence-electron chi connectivity index (χ2n) is 8.14. The van der Waals surface area contributed by atoms with Crippen molar-refractivity contribution in [3.05, 3.63) is 66.0 Å². The number of likely N-dealkylation sites (tertiary alicyclic amines) is 1. The van der Waals surface area contributed by atoms with Gasteiger partial charge in [0, 0.05) is 51.0 Å². The van der Waals surface area contributed by atoms with Gasteiger partial charge in [-0.05, 0) is 48.6 Å². The molecule has 6 heteroatoms. The third kappa shape index (κ3) is 5.48. The average Bonchev–Trinajstić information content (AvgIpc) is 3.37. The van der Waals surface area contributed by atoms with E-state index in [0.717, 1.165) is 51.3 Å². The van der Waals surface area contributed by atoms with E-state index < -0.39 is 0 Å². The lowest BCUT2D eigenvalue weighted by atomic mass is 10.1. The zero-order valence-corrected chi connectivity index (χ0v) is 16.7. The molecular weight excluding hydrogens is 367 g/mol. The van der Waals surface area contributed by atoms with Gasteiger partial charge >= 0.3 is 6.03 Å². The Balaban J connectivity index is 1.16. The van der Waals surface area contributed by atoms with Crippen molar-refractivity contribution >= 4 is 11.7 Å². The van der Waals surface area contributed by atoms with Crippen LogP contribution in [0.4, 0.5) is 14.9 Å². The van der Waals surface area contributed by atoms with Crippen LogP contribution in [-0.2, 0) is 6.54 Å². The van der Waals surface area contributed by atoms with E-state index in [1.54, 1.807) is 0 Å². The standard InChI is InChI=1S/C23H29FN4O/c24-20-6-8-22(9-7-20)28-13-10-19(16-28)14-25-23(29)26-21-11-12-27(17-21)15-18-4-2-1-3-5-18/h1-9,19,21H,10-17H2,(H2,25,26,29)/t19-,21-/m0/s1. The number of benzene rings is 2. The summed E-state index contributed by atoms with van der Waals surface area (Å²) in [5, 5.41) is 6.16. The fraction of sp³-hybridized carbons (Fsp3) is 0.435. The highest BCUT2D eigenvalue weighted by molar-refractivity contribution is 5.74. The summed E-state index contributed by atoms with van der Waals surface area (Å²) in [5.41, 5.74) is 2.35. The van der Waals surface area contributed by atoms with Crippen LogP contribution in [0.3, 0.4) is 0 Å². The summed E-state index contributed by atoms with van der Waals surface area (Å²) >= 11 is 0. The molecule has 2 N–H and O–H groups in total. The van der Waals surface area contributed by atoms with Crippen LogP contribution >= 0.6 is 0 Å². The molecule has 29 heavy (non-hydrogen) atoms. The van der Waals surface area contributed by atoms with Crippen LogP contribution in [0.2, 0.25) is 0 Å². The number of hydrogen-bond acceptors (Lipinski definition) is 3. The average molecular weight is 397 g/mol. The smallest absolute Gasteiger partial charge is 0.315 e. The van der Waals surface area contributed by atoms with Crippen LogP contribution < -0.4 is 15.5 Å². The number of anilines is 1. The van der Waals surface area contributed by atoms with E-state index in [-0.39, 0.29) is 17.9 Å². The predicted molar refractivity (Wildman–Crippen MR) is 113 cm³/mol. The number of carbonyl (C=O) groups is 1. The maximum Gasteiger partial charge on any atom is 0.315 e. The minimum atomic E-state index is -0.211. The Morgan fingerprint density at radius 3 is 2.59 bits per heavy atom. The minimum absolute atomic E-state index is 0.0724. The number of hydrogen-bond donors (Lipinski definition) is 2. The maximum atomic E-state index is 13.1. The molecule has 0 saturated carbocycles. The van der Waals surface area contributed by atoms with E-state index in [2.05, 4.69) is 44.7 Å². The van der Waals surface area contributed by atoms with Gasteiger partial charge in [0.05, 0.1) is 0 Å². The molecule has 2 aliphatic heterocycles. The molecule has 0 unspecified atom stereocenters. The van der Waals surface area contributed by atoms with Gasteiger partial charge in [-0.3, -0.25) is 4.90 Å². The lowest BCUT2D eigenvalue weighted by Gasteiger charge is -2.19. The Hall–Kier alpha value is -2.60. The Morgan fingerprint density at radius 2 is 1.79 bits per heavy atom. The molecule has 2 heterocycles. The first-order valence-corrected chi connectivity index (χ1v) is 10.5. The van der Waals surface area contributed by atoms with Crippen molar-refractivity contribution < 1.29 is 9.18 Å². The highest BCUT2D eigenvalue weighted by Gasteiger charge is 2.26. The molecule has 4 rings (SSSR count). The number of rotatable bonds is 6. The number of urea groups is 1. The van der Waals surface area contributed by atoms with Gasteiger partial charge in [0.15, 0.2) is 0 Å². The van der Waals surface area contributed by atoms with Crippen LogP contribution in [0.15, 0.2) is 54.6 Å². The number of amides is 2. The number of halogens is 1. The molecule has 0 aliphatic carbocycles. The van der Waals surface area contributed by atoms with E-state index in [1.165, 1.54) is 17.7 Å². The first-order valence-electron chi connectivity index (χ1n) is 10.5. The lowest BCUT2D eigenvalue weighted by molar-refractivity contribution is 0.234. The molecule has 2 aliphatic rings. The molecule has 154 valence electrons. The predicted octanol–water partition coefficient (Wildman–Crippen LogP) is 3.23. The second-order valence-corrected chi connectivity index (χ2v) is 8.14. The van der Waals surface area contributed by atoms with Crippen molar-refractivity contribution in [3.8, 4) is 0 Å². The van der Waals surface area contributed by atoms with Crippen molar-refractivity contribution in [2.24, 2.45) is 5.92 Å². The molecule has 2 atom stereocenters. The van der Waals surface area contributed by atoms with Gasteiger partial charge in [0.2, 0.25) is 0 Å². The summed E-state index contributed by atoms with van der Waals surface area (Å²) < 4.78 is 13.1. The number of carbonyl (C=O) groups excluding carboxylic acids is 1. The molecular formula is C23H29FN4O. The zero-order valence-electron chi connectivity index (χ0n) is 16.7. The van der Waals surface area contributed by atoms with E-state index in [4.69, 9.17) is 0 Å². The van der Waals surface area contributed by atoms with Gasteiger partial charge < -0.3 is 15.5 Å². The van der Waals surface area contributed by atoms with Crippen molar-refractivity contribution in [2.45, 2.75) is 25.4 Å². The van der Waals surface area contributed by atoms with Crippen LogP contribution in [0.25, 0.3) is 0 Å². The number of nitrogens with zero attached hydrogens (tertiary/aromatic N) is 2. The quantitative estimate of drug-likeness (QED) is 0.788. The molecule has 2 aromatic rings. The largest absolute Gasteiger partial charge is 0.371 e. The molecule has 2 fully saturated rings. The summed E-state index contributed by atoms with van der Waals surface area (Å²) in [5.74, 6) is 0.209. The fourth-order valence-electron chi connectivity index (χ4n) is 4.29. The Bertz CT molecular complexity index is 798. The van der Waals surface area contributed by atoms with Crippen LogP contribution in [0.1, 0.15) is 18.4 Å². The van der Waals surface area contributed by atoms with Gasteiger partial charge in [-0.15, -0.1) is 0 Å². The molecule has 2 saturated heterocycles. The molecule has 0 bridgehead atoms. The highest BCUT2D eigenvalue weighted by atomic mass is 19.1. The molecule has 0 radical (unpaired) electrons. The number of nitrogens with one attached hydrogen (secondary N) is 2. The van der Waals surface area contributed by atoms with E-state index in [0.29, 0.717) is 12.5 Å². The zero-order chi connectivity index (χ0) is 20.1. The van der Waals surface area contributed by atoms with Gasteiger partial charge in [0.1, 0.15) is 5.82 Å². The Labute approximate surface area is 171 Å². The maximum absolute atomic E-state index is 13.1. The highest BCUT2D eigenvalue weighted by Crippen LogP contribution is 2.23. The third-order valence-electron chi connectivity index (χ3n) is 5.89. The molecule has 2 aromatic carbocycles. The van der Waals surface area contributed by atoms with Crippen molar-refractivity contribution in [2.75, 3.05) is 37.6 Å². The third-order valence-corrected chi connectivity index (χ3v) is 5.89. The lowest BCUT2D eigenvalue weighted by Crippen LogP contribution is -2.44. The van der Waals surface area contributed by atoms with Crippen LogP contribution in [0.5, 0.6) is 0 Å². The van der Waals surface area contributed by atoms with E-state index >= 15 is 0 Å². The SMILES string of the molecule is O=C(NC[C@@H]1CCN(c2ccc(F)cc2)C1)N[C@H]1CCN(Cc2ccccc2)C1. The molecule has 2 amide bonds. The summed E-state index contributed by atoms with van der Waals surface area (Å²) in [7, 11) is 0. The monoisotopic (exact) mass is 396 g/mol. The van der Waals surface area contributed by atoms with Gasteiger partial charge in [-0.1, -0.05) is 30.3 Å². The minimum Gasteiger partial charge on any atom is -0.371 e. The van der Waals surface area contributed by atoms with Gasteiger partial charge in [-0.2, -0.15) is 0 Å². The summed E-state index contributed by atoms with van der Waals surface area (Å²) in [6.07, 6.45) is 2.02. The topological polar surface area (TPSA) is 47.6 Å². The normalized spacial score (nSPS) is 22.0. The molecule has 5 nitrogen and oxygen atoms in total. The van der Waals surface area contributed by atoms with Gasteiger partial charge in [0.25, 0.3) is 0 Å².